The highest BCUT2D eigenvalue weighted by molar-refractivity contribution is 5.98. The van der Waals surface area contributed by atoms with E-state index < -0.39 is 0 Å². The quantitative estimate of drug-likeness (QED) is 0.874. The zero-order valence-electron chi connectivity index (χ0n) is 11.4. The molecular weight excluding hydrogens is 238 g/mol. The van der Waals surface area contributed by atoms with E-state index in [0.717, 1.165) is 24.1 Å². The minimum absolute atomic E-state index is 0.0900. The molecule has 4 heteroatoms. The van der Waals surface area contributed by atoms with Crippen LogP contribution in [0.4, 0.5) is 5.69 Å². The predicted octanol–water partition coefficient (Wildman–Crippen LogP) is 2.14. The lowest BCUT2D eigenvalue weighted by Crippen LogP contribution is -2.32. The Bertz CT molecular complexity index is 500. The van der Waals surface area contributed by atoms with Crippen molar-refractivity contribution in [1.82, 2.24) is 10.3 Å². The second-order valence-corrected chi connectivity index (χ2v) is 6.06. The maximum atomic E-state index is 12.1. The Morgan fingerprint density at radius 3 is 2.95 bits per heavy atom. The number of pyridine rings is 1. The second-order valence-electron chi connectivity index (χ2n) is 6.06. The summed E-state index contributed by atoms with van der Waals surface area (Å²) in [6, 6.07) is 1.74. The van der Waals surface area contributed by atoms with Gasteiger partial charge in [-0.25, -0.2) is 0 Å². The lowest BCUT2D eigenvalue weighted by molar-refractivity contribution is 0.0942. The molecule has 3 rings (SSSR count). The van der Waals surface area contributed by atoms with Gasteiger partial charge in [-0.15, -0.1) is 0 Å². The summed E-state index contributed by atoms with van der Waals surface area (Å²) in [5, 5.41) is 3.03. The second kappa shape index (κ2) is 4.83. The van der Waals surface area contributed by atoms with Crippen LogP contribution in [0.15, 0.2) is 12.3 Å². The van der Waals surface area contributed by atoms with Gasteiger partial charge in [0, 0.05) is 24.1 Å². The van der Waals surface area contributed by atoms with Gasteiger partial charge in [0.15, 0.2) is 0 Å². The highest BCUT2D eigenvalue weighted by atomic mass is 16.1. The number of anilines is 1. The van der Waals surface area contributed by atoms with Crippen molar-refractivity contribution in [1.29, 1.82) is 0 Å². The van der Waals surface area contributed by atoms with Crippen molar-refractivity contribution in [3.05, 3.63) is 23.5 Å². The summed E-state index contributed by atoms with van der Waals surface area (Å²) >= 11 is 0. The molecule has 1 aromatic heterocycles. The van der Waals surface area contributed by atoms with E-state index in [0.29, 0.717) is 17.2 Å². The van der Waals surface area contributed by atoms with Gasteiger partial charge < -0.3 is 11.1 Å². The van der Waals surface area contributed by atoms with Crippen LogP contribution in [0.25, 0.3) is 0 Å². The van der Waals surface area contributed by atoms with Gasteiger partial charge in [-0.1, -0.05) is 6.42 Å². The molecule has 1 heterocycles. The molecule has 0 aliphatic heterocycles. The average Bonchev–Trinajstić information content (AvgIpc) is 2.98. The van der Waals surface area contributed by atoms with Crippen molar-refractivity contribution in [2.75, 3.05) is 12.3 Å². The van der Waals surface area contributed by atoms with Crippen molar-refractivity contribution < 1.29 is 4.79 Å². The molecule has 3 atom stereocenters. The summed E-state index contributed by atoms with van der Waals surface area (Å²) in [6.07, 6.45) is 6.96. The molecule has 2 aliphatic carbocycles. The number of fused-ring (bicyclic) bond motifs is 2. The number of carbonyl (C=O) groups is 1. The molecule has 3 N–H and O–H groups in total. The Hall–Kier alpha value is -1.58. The Morgan fingerprint density at radius 1 is 1.47 bits per heavy atom. The molecule has 1 amide bonds. The molecule has 3 unspecified atom stereocenters. The number of hydrogen-bond acceptors (Lipinski definition) is 3. The number of aryl methyl sites for hydroxylation is 1. The SMILES string of the molecule is Cc1cc(N)c(C(=O)NCC2CC3CCC2C3)cn1. The smallest absolute Gasteiger partial charge is 0.254 e. The molecule has 2 fully saturated rings. The zero-order chi connectivity index (χ0) is 13.4. The van der Waals surface area contributed by atoms with Crippen molar-refractivity contribution in [3.63, 3.8) is 0 Å². The molecule has 4 nitrogen and oxygen atoms in total. The van der Waals surface area contributed by atoms with Crippen molar-refractivity contribution in [3.8, 4) is 0 Å². The first kappa shape index (κ1) is 12.5. The number of amides is 1. The van der Waals surface area contributed by atoms with E-state index in [4.69, 9.17) is 5.73 Å². The van der Waals surface area contributed by atoms with Gasteiger partial charge in [-0.05, 0) is 50.0 Å². The lowest BCUT2D eigenvalue weighted by Gasteiger charge is -2.21. The van der Waals surface area contributed by atoms with E-state index in [1.54, 1.807) is 12.3 Å². The maximum absolute atomic E-state index is 12.1. The number of hydrogen-bond donors (Lipinski definition) is 2. The Kier molecular flexibility index (Phi) is 3.17. The maximum Gasteiger partial charge on any atom is 0.254 e. The Morgan fingerprint density at radius 2 is 2.32 bits per heavy atom. The first-order chi connectivity index (χ1) is 9.13. The molecule has 102 valence electrons. The van der Waals surface area contributed by atoms with Crippen LogP contribution in [0.1, 0.15) is 41.7 Å². The molecule has 2 bridgehead atoms. The monoisotopic (exact) mass is 259 g/mol. The normalized spacial score (nSPS) is 28.6. The largest absolute Gasteiger partial charge is 0.398 e. The van der Waals surface area contributed by atoms with E-state index in [9.17, 15) is 4.79 Å². The summed E-state index contributed by atoms with van der Waals surface area (Å²) in [5.74, 6) is 2.33. The number of nitrogens with zero attached hydrogens (tertiary/aromatic N) is 1. The average molecular weight is 259 g/mol. The molecule has 0 radical (unpaired) electrons. The third kappa shape index (κ3) is 2.44. The molecule has 1 aromatic rings. The van der Waals surface area contributed by atoms with Gasteiger partial charge in [-0.3, -0.25) is 9.78 Å². The van der Waals surface area contributed by atoms with Crippen LogP contribution in [-0.2, 0) is 0 Å². The Labute approximate surface area is 113 Å². The van der Waals surface area contributed by atoms with E-state index in [1.807, 2.05) is 6.92 Å². The van der Waals surface area contributed by atoms with E-state index in [1.165, 1.54) is 25.7 Å². The number of rotatable bonds is 3. The number of nitrogens with one attached hydrogen (secondary N) is 1. The van der Waals surface area contributed by atoms with Crippen LogP contribution in [0.5, 0.6) is 0 Å². The zero-order valence-corrected chi connectivity index (χ0v) is 11.4. The first-order valence-electron chi connectivity index (χ1n) is 7.14. The Balaban J connectivity index is 1.59. The van der Waals surface area contributed by atoms with Gasteiger partial charge in [-0.2, -0.15) is 0 Å². The fourth-order valence-electron chi connectivity index (χ4n) is 3.72. The number of carbonyl (C=O) groups excluding carboxylic acids is 1. The van der Waals surface area contributed by atoms with Crippen molar-refractivity contribution in [2.45, 2.75) is 32.6 Å². The summed E-state index contributed by atoms with van der Waals surface area (Å²) in [6.45, 7) is 2.65. The van der Waals surface area contributed by atoms with Crippen LogP contribution in [0.3, 0.4) is 0 Å². The predicted molar refractivity (Wildman–Crippen MR) is 74.7 cm³/mol. The number of nitrogen functional groups attached to an aromatic ring is 1. The molecule has 0 aromatic carbocycles. The van der Waals surface area contributed by atoms with Crippen LogP contribution in [-0.4, -0.2) is 17.4 Å². The molecule has 0 spiro atoms. The van der Waals surface area contributed by atoms with E-state index >= 15 is 0 Å². The molecular formula is C15H21N3O. The standard InChI is InChI=1S/C15H21N3O/c1-9-4-14(16)13(8-17-9)15(19)18-7-12-6-10-2-3-11(12)5-10/h4,8,10-12H,2-3,5-7H2,1H3,(H2,16,17)(H,18,19). The van der Waals surface area contributed by atoms with Crippen molar-refractivity contribution in [2.24, 2.45) is 17.8 Å². The van der Waals surface area contributed by atoms with Gasteiger partial charge in [0.2, 0.25) is 0 Å². The van der Waals surface area contributed by atoms with Crippen molar-refractivity contribution >= 4 is 11.6 Å². The minimum Gasteiger partial charge on any atom is -0.398 e. The van der Waals surface area contributed by atoms with Crippen LogP contribution in [0, 0.1) is 24.7 Å². The first-order valence-corrected chi connectivity index (χ1v) is 7.14. The summed E-state index contributed by atoms with van der Waals surface area (Å²) < 4.78 is 0. The third-order valence-electron chi connectivity index (χ3n) is 4.73. The van der Waals surface area contributed by atoms with Crippen LogP contribution < -0.4 is 11.1 Å². The topological polar surface area (TPSA) is 68.0 Å². The van der Waals surface area contributed by atoms with Crippen LogP contribution in [0.2, 0.25) is 0 Å². The third-order valence-corrected chi connectivity index (χ3v) is 4.73. The highest BCUT2D eigenvalue weighted by Gasteiger charge is 2.39. The summed E-state index contributed by atoms with van der Waals surface area (Å²) in [7, 11) is 0. The molecule has 0 saturated heterocycles. The minimum atomic E-state index is -0.0900. The number of aromatic nitrogens is 1. The van der Waals surface area contributed by atoms with Gasteiger partial charge in [0.25, 0.3) is 5.91 Å². The van der Waals surface area contributed by atoms with Gasteiger partial charge in [0.1, 0.15) is 0 Å². The molecule has 2 aliphatic rings. The summed E-state index contributed by atoms with van der Waals surface area (Å²) in [4.78, 5) is 16.2. The van der Waals surface area contributed by atoms with Crippen LogP contribution >= 0.6 is 0 Å². The fourth-order valence-corrected chi connectivity index (χ4v) is 3.72. The van der Waals surface area contributed by atoms with Gasteiger partial charge >= 0.3 is 0 Å². The number of nitrogens with two attached hydrogens (primary N) is 1. The molecule has 19 heavy (non-hydrogen) atoms. The highest BCUT2D eigenvalue weighted by Crippen LogP contribution is 2.47. The fraction of sp³-hybridized carbons (Fsp3) is 0.600. The molecule has 2 saturated carbocycles. The lowest BCUT2D eigenvalue weighted by atomic mass is 9.89. The van der Waals surface area contributed by atoms with Gasteiger partial charge in [0.05, 0.1) is 5.56 Å². The van der Waals surface area contributed by atoms with E-state index in [2.05, 4.69) is 10.3 Å². The van der Waals surface area contributed by atoms with E-state index in [-0.39, 0.29) is 5.91 Å². The summed E-state index contributed by atoms with van der Waals surface area (Å²) in [5.41, 5.74) is 7.71.